The molecule has 0 bridgehead atoms. The van der Waals surface area contributed by atoms with E-state index in [1.54, 1.807) is 0 Å². The number of benzene rings is 1. The minimum atomic E-state index is -0.833. The zero-order chi connectivity index (χ0) is 13.4. The molecule has 0 aliphatic rings. The molecule has 0 fully saturated rings. The zero-order valence-corrected chi connectivity index (χ0v) is 11.0. The van der Waals surface area contributed by atoms with Crippen LogP contribution in [-0.2, 0) is 16.1 Å². The summed E-state index contributed by atoms with van der Waals surface area (Å²) in [6, 6.07) is 9.79. The molecule has 0 radical (unpaired) electrons. The number of hydrogen-bond donors (Lipinski definition) is 1. The van der Waals surface area contributed by atoms with Gasteiger partial charge in [-0.15, -0.1) is 0 Å². The second kappa shape index (κ2) is 7.84. The monoisotopic (exact) mass is 251 g/mol. The topological polar surface area (TPSA) is 49.8 Å². The van der Waals surface area contributed by atoms with Crippen molar-refractivity contribution in [3.63, 3.8) is 0 Å². The Morgan fingerprint density at radius 1 is 1.28 bits per heavy atom. The largest absolute Gasteiger partial charge is 0.481 e. The number of aliphatic carboxylic acids is 1. The summed E-state index contributed by atoms with van der Waals surface area (Å²) in [4.78, 5) is 12.9. The van der Waals surface area contributed by atoms with Crippen molar-refractivity contribution in [2.45, 2.75) is 33.1 Å². The molecule has 0 aromatic heterocycles. The number of carboxylic acid groups (broad SMARTS) is 1. The van der Waals surface area contributed by atoms with Crippen LogP contribution in [0, 0.1) is 0 Å². The molecule has 0 aliphatic carbocycles. The van der Waals surface area contributed by atoms with Crippen molar-refractivity contribution in [2.24, 2.45) is 0 Å². The summed E-state index contributed by atoms with van der Waals surface area (Å²) in [5.74, 6) is -0.833. The van der Waals surface area contributed by atoms with Gasteiger partial charge in [-0.05, 0) is 18.7 Å². The van der Waals surface area contributed by atoms with E-state index in [0.29, 0.717) is 6.61 Å². The van der Waals surface area contributed by atoms with Gasteiger partial charge in [0.25, 0.3) is 0 Å². The number of nitrogens with zero attached hydrogens (tertiary/aromatic N) is 1. The molecule has 1 atom stereocenters. The highest BCUT2D eigenvalue weighted by molar-refractivity contribution is 5.67. The summed E-state index contributed by atoms with van der Waals surface area (Å²) in [6.07, 6.45) is -0.355. The third-order valence-corrected chi connectivity index (χ3v) is 2.85. The van der Waals surface area contributed by atoms with E-state index in [4.69, 9.17) is 9.84 Å². The fraction of sp³-hybridized carbons (Fsp3) is 0.500. The molecule has 100 valence electrons. The maximum atomic E-state index is 10.9. The molecule has 1 unspecified atom stereocenters. The van der Waals surface area contributed by atoms with E-state index in [-0.39, 0.29) is 12.6 Å². The zero-order valence-electron chi connectivity index (χ0n) is 11.0. The summed E-state index contributed by atoms with van der Waals surface area (Å²) >= 11 is 0. The number of carboxylic acids is 1. The number of hydrogen-bond acceptors (Lipinski definition) is 3. The standard InChI is InChI=1S/C14H21NO3/c1-3-15(4-2)13(10-14(16)17)18-11-12-8-6-5-7-9-12/h5-9,13H,3-4,10-11H2,1-2H3,(H,16,17). The van der Waals surface area contributed by atoms with Gasteiger partial charge in [0.05, 0.1) is 13.0 Å². The first kappa shape index (κ1) is 14.7. The van der Waals surface area contributed by atoms with Crippen molar-refractivity contribution < 1.29 is 14.6 Å². The fourth-order valence-electron chi connectivity index (χ4n) is 1.84. The summed E-state index contributed by atoms with van der Waals surface area (Å²) < 4.78 is 5.73. The van der Waals surface area contributed by atoms with Crippen LogP contribution in [0.5, 0.6) is 0 Å². The molecule has 0 saturated carbocycles. The van der Waals surface area contributed by atoms with Gasteiger partial charge in [-0.2, -0.15) is 0 Å². The third-order valence-electron chi connectivity index (χ3n) is 2.85. The second-order valence-electron chi connectivity index (χ2n) is 4.07. The summed E-state index contributed by atoms with van der Waals surface area (Å²) in [5, 5.41) is 8.91. The molecule has 0 saturated heterocycles. The van der Waals surface area contributed by atoms with E-state index >= 15 is 0 Å². The summed E-state index contributed by atoms with van der Waals surface area (Å²) in [5.41, 5.74) is 1.06. The molecule has 1 N–H and O–H groups in total. The van der Waals surface area contributed by atoms with Gasteiger partial charge in [-0.25, -0.2) is 0 Å². The van der Waals surface area contributed by atoms with Gasteiger partial charge in [0, 0.05) is 0 Å². The molecule has 1 aromatic rings. The van der Waals surface area contributed by atoms with E-state index in [0.717, 1.165) is 18.7 Å². The van der Waals surface area contributed by atoms with Gasteiger partial charge < -0.3 is 9.84 Å². The maximum absolute atomic E-state index is 10.9. The molecule has 0 amide bonds. The Hall–Kier alpha value is -1.39. The van der Waals surface area contributed by atoms with Gasteiger partial charge >= 0.3 is 5.97 Å². The van der Waals surface area contributed by atoms with Crippen LogP contribution in [-0.4, -0.2) is 35.3 Å². The van der Waals surface area contributed by atoms with Crippen LogP contribution in [0.4, 0.5) is 0 Å². The minimum Gasteiger partial charge on any atom is -0.481 e. The van der Waals surface area contributed by atoms with E-state index < -0.39 is 5.97 Å². The molecule has 4 heteroatoms. The van der Waals surface area contributed by atoms with Crippen LogP contribution in [0.15, 0.2) is 30.3 Å². The van der Waals surface area contributed by atoms with Crippen molar-refractivity contribution in [3.8, 4) is 0 Å². The lowest BCUT2D eigenvalue weighted by atomic mass is 10.2. The van der Waals surface area contributed by atoms with E-state index in [1.165, 1.54) is 0 Å². The Labute approximate surface area is 108 Å². The Bertz CT molecular complexity index is 349. The first-order valence-electron chi connectivity index (χ1n) is 6.28. The van der Waals surface area contributed by atoms with E-state index in [9.17, 15) is 4.79 Å². The number of ether oxygens (including phenoxy) is 1. The van der Waals surface area contributed by atoms with Crippen LogP contribution in [0.2, 0.25) is 0 Å². The average Bonchev–Trinajstić information content (AvgIpc) is 2.38. The SMILES string of the molecule is CCN(CC)C(CC(=O)O)OCc1ccccc1. The molecule has 1 aromatic carbocycles. The lowest BCUT2D eigenvalue weighted by Gasteiger charge is -2.28. The van der Waals surface area contributed by atoms with Gasteiger partial charge in [0.2, 0.25) is 0 Å². The average molecular weight is 251 g/mol. The van der Waals surface area contributed by atoms with Crippen molar-refractivity contribution >= 4 is 5.97 Å². The molecule has 18 heavy (non-hydrogen) atoms. The molecule has 1 rings (SSSR count). The third kappa shape index (κ3) is 4.85. The van der Waals surface area contributed by atoms with Crippen molar-refractivity contribution in [1.29, 1.82) is 0 Å². The Balaban J connectivity index is 2.58. The maximum Gasteiger partial charge on any atom is 0.307 e. The highest BCUT2D eigenvalue weighted by Gasteiger charge is 2.19. The molecular formula is C14H21NO3. The predicted octanol–water partition coefficient (Wildman–Crippen LogP) is 2.35. The second-order valence-corrected chi connectivity index (χ2v) is 4.07. The van der Waals surface area contributed by atoms with Crippen molar-refractivity contribution in [3.05, 3.63) is 35.9 Å². The van der Waals surface area contributed by atoms with Gasteiger partial charge in [0.1, 0.15) is 6.23 Å². The van der Waals surface area contributed by atoms with Gasteiger partial charge in [0.15, 0.2) is 0 Å². The van der Waals surface area contributed by atoms with Crippen LogP contribution in [0.25, 0.3) is 0 Å². The first-order valence-corrected chi connectivity index (χ1v) is 6.28. The molecule has 0 heterocycles. The molecular weight excluding hydrogens is 230 g/mol. The number of carbonyl (C=O) groups is 1. The predicted molar refractivity (Wildman–Crippen MR) is 70.2 cm³/mol. The highest BCUT2D eigenvalue weighted by Crippen LogP contribution is 2.10. The quantitative estimate of drug-likeness (QED) is 0.720. The number of rotatable bonds is 8. The van der Waals surface area contributed by atoms with Crippen LogP contribution in [0.3, 0.4) is 0 Å². The molecule has 0 spiro atoms. The van der Waals surface area contributed by atoms with Crippen LogP contribution >= 0.6 is 0 Å². The first-order chi connectivity index (χ1) is 8.67. The smallest absolute Gasteiger partial charge is 0.307 e. The van der Waals surface area contributed by atoms with Crippen molar-refractivity contribution in [2.75, 3.05) is 13.1 Å². The molecule has 0 aliphatic heterocycles. The summed E-state index contributed by atoms with van der Waals surface area (Å²) in [7, 11) is 0. The highest BCUT2D eigenvalue weighted by atomic mass is 16.5. The Kier molecular flexibility index (Phi) is 6.39. The lowest BCUT2D eigenvalue weighted by Crippen LogP contribution is -2.38. The Morgan fingerprint density at radius 3 is 2.39 bits per heavy atom. The minimum absolute atomic E-state index is 0.00845. The van der Waals surface area contributed by atoms with Crippen molar-refractivity contribution in [1.82, 2.24) is 4.90 Å². The normalized spacial score (nSPS) is 12.6. The van der Waals surface area contributed by atoms with Crippen LogP contribution in [0.1, 0.15) is 25.8 Å². The van der Waals surface area contributed by atoms with Gasteiger partial charge in [-0.1, -0.05) is 44.2 Å². The van der Waals surface area contributed by atoms with E-state index in [1.807, 2.05) is 49.1 Å². The van der Waals surface area contributed by atoms with E-state index in [2.05, 4.69) is 0 Å². The Morgan fingerprint density at radius 2 is 1.89 bits per heavy atom. The fourth-order valence-corrected chi connectivity index (χ4v) is 1.84. The summed E-state index contributed by atoms with van der Waals surface area (Å²) in [6.45, 7) is 6.01. The van der Waals surface area contributed by atoms with Gasteiger partial charge in [-0.3, -0.25) is 9.69 Å². The molecule has 4 nitrogen and oxygen atoms in total. The lowest BCUT2D eigenvalue weighted by molar-refractivity contribution is -0.146. The van der Waals surface area contributed by atoms with Crippen LogP contribution < -0.4 is 0 Å².